The van der Waals surface area contributed by atoms with Crippen molar-refractivity contribution in [3.8, 4) is 0 Å². The molecule has 2 aromatic carbocycles. The van der Waals surface area contributed by atoms with E-state index < -0.39 is 35.8 Å². The normalized spacial score (nSPS) is 23.2. The molecule has 0 saturated carbocycles. The summed E-state index contributed by atoms with van der Waals surface area (Å²) in [7, 11) is 0. The molecule has 0 spiro atoms. The Morgan fingerprint density at radius 2 is 1.52 bits per heavy atom. The lowest BCUT2D eigenvalue weighted by atomic mass is 9.83. The second-order valence-electron chi connectivity index (χ2n) is 8.11. The molecular formula is C24H24N2O5. The first-order valence-corrected chi connectivity index (χ1v) is 10.3. The van der Waals surface area contributed by atoms with E-state index in [4.69, 9.17) is 4.74 Å². The van der Waals surface area contributed by atoms with Crippen molar-refractivity contribution in [3.05, 3.63) is 71.3 Å². The van der Waals surface area contributed by atoms with Gasteiger partial charge in [0, 0.05) is 25.0 Å². The van der Waals surface area contributed by atoms with Crippen LogP contribution in [-0.4, -0.2) is 52.6 Å². The minimum Gasteiger partial charge on any atom is -0.445 e. The van der Waals surface area contributed by atoms with Crippen molar-refractivity contribution < 1.29 is 23.9 Å². The van der Waals surface area contributed by atoms with E-state index in [-0.39, 0.29) is 25.5 Å². The van der Waals surface area contributed by atoms with E-state index in [2.05, 4.69) is 0 Å². The zero-order valence-electron chi connectivity index (χ0n) is 17.5. The number of imide groups is 1. The van der Waals surface area contributed by atoms with Crippen molar-refractivity contribution >= 4 is 23.7 Å². The third kappa shape index (κ3) is 3.83. The van der Waals surface area contributed by atoms with E-state index in [9.17, 15) is 19.2 Å². The number of ketones is 1. The molecule has 7 heteroatoms. The molecule has 2 aliphatic rings. The lowest BCUT2D eigenvalue weighted by Gasteiger charge is -2.41. The van der Waals surface area contributed by atoms with E-state index in [0.717, 1.165) is 10.5 Å². The first kappa shape index (κ1) is 20.8. The van der Waals surface area contributed by atoms with Gasteiger partial charge in [0.05, 0.1) is 17.0 Å². The Morgan fingerprint density at radius 1 is 0.935 bits per heavy atom. The molecule has 0 aliphatic carbocycles. The lowest BCUT2D eigenvalue weighted by molar-refractivity contribution is -0.132. The topological polar surface area (TPSA) is 84.0 Å². The van der Waals surface area contributed by atoms with Crippen LogP contribution in [-0.2, 0) is 16.1 Å². The number of rotatable bonds is 4. The molecule has 2 aliphatic heterocycles. The summed E-state index contributed by atoms with van der Waals surface area (Å²) < 4.78 is 5.46. The Bertz CT molecular complexity index is 1000. The predicted octanol–water partition coefficient (Wildman–Crippen LogP) is 3.14. The van der Waals surface area contributed by atoms with Gasteiger partial charge in [0.15, 0.2) is 0 Å². The molecule has 2 heterocycles. The summed E-state index contributed by atoms with van der Waals surface area (Å²) in [6, 6.07) is 15.5. The Balaban J connectivity index is 1.49. The van der Waals surface area contributed by atoms with Crippen molar-refractivity contribution in [3.63, 3.8) is 0 Å². The van der Waals surface area contributed by atoms with Gasteiger partial charge in [-0.2, -0.15) is 0 Å². The van der Waals surface area contributed by atoms with Crippen LogP contribution < -0.4 is 0 Å². The standard InChI is InChI=1S/C24H24N2O5/c1-15-12-25(24(30)31-14-17-8-4-3-5-9-17)16(2)20(21(15)27)13-26-22(28)18-10-6-7-11-19(18)23(26)29/h3-11,15-16,20H,12-14H2,1-2H3. The SMILES string of the molecule is CC1CN(C(=O)OCc2ccccc2)C(C)C(CN2C(=O)c3ccccc3C2=O)C1=O. The number of hydrogen-bond donors (Lipinski definition) is 0. The van der Waals surface area contributed by atoms with Crippen LogP contribution >= 0.6 is 0 Å². The molecule has 0 bridgehead atoms. The second-order valence-corrected chi connectivity index (χ2v) is 8.11. The Morgan fingerprint density at radius 3 is 2.13 bits per heavy atom. The van der Waals surface area contributed by atoms with Crippen molar-refractivity contribution in [1.82, 2.24) is 9.80 Å². The third-order valence-corrected chi connectivity index (χ3v) is 6.09. The van der Waals surface area contributed by atoms with Gasteiger partial charge in [-0.3, -0.25) is 19.3 Å². The number of piperidine rings is 1. The van der Waals surface area contributed by atoms with E-state index in [1.165, 1.54) is 4.90 Å². The maximum absolute atomic E-state index is 12.9. The molecule has 3 unspecified atom stereocenters. The van der Waals surface area contributed by atoms with Gasteiger partial charge in [0.25, 0.3) is 11.8 Å². The van der Waals surface area contributed by atoms with Gasteiger partial charge >= 0.3 is 6.09 Å². The Kier molecular flexibility index (Phi) is 5.59. The first-order valence-electron chi connectivity index (χ1n) is 10.3. The number of benzene rings is 2. The zero-order chi connectivity index (χ0) is 22.1. The summed E-state index contributed by atoms with van der Waals surface area (Å²) in [5.74, 6) is -1.96. The van der Waals surface area contributed by atoms with Gasteiger partial charge in [-0.1, -0.05) is 49.4 Å². The molecule has 2 aromatic rings. The fourth-order valence-electron chi connectivity index (χ4n) is 4.26. The van der Waals surface area contributed by atoms with Crippen LogP contribution in [0.1, 0.15) is 40.1 Å². The van der Waals surface area contributed by atoms with E-state index in [1.807, 2.05) is 30.3 Å². The van der Waals surface area contributed by atoms with Crippen molar-refractivity contribution in [2.24, 2.45) is 11.8 Å². The van der Waals surface area contributed by atoms with Crippen LogP contribution in [0.15, 0.2) is 54.6 Å². The molecule has 7 nitrogen and oxygen atoms in total. The number of carbonyl (C=O) groups excluding carboxylic acids is 4. The number of hydrogen-bond acceptors (Lipinski definition) is 5. The lowest BCUT2D eigenvalue weighted by Crippen LogP contribution is -2.57. The highest BCUT2D eigenvalue weighted by atomic mass is 16.6. The van der Waals surface area contributed by atoms with Crippen molar-refractivity contribution in [2.45, 2.75) is 26.5 Å². The van der Waals surface area contributed by atoms with Crippen LogP contribution in [0.5, 0.6) is 0 Å². The number of carbonyl (C=O) groups is 4. The molecule has 0 radical (unpaired) electrons. The highest BCUT2D eigenvalue weighted by molar-refractivity contribution is 6.21. The number of fused-ring (bicyclic) bond motifs is 1. The van der Waals surface area contributed by atoms with Crippen molar-refractivity contribution in [2.75, 3.05) is 13.1 Å². The average molecular weight is 420 g/mol. The van der Waals surface area contributed by atoms with Crippen LogP contribution in [0.3, 0.4) is 0 Å². The van der Waals surface area contributed by atoms with Gasteiger partial charge in [-0.25, -0.2) is 4.79 Å². The average Bonchev–Trinajstić information content (AvgIpc) is 3.03. The van der Waals surface area contributed by atoms with Crippen LogP contribution in [0.4, 0.5) is 4.79 Å². The van der Waals surface area contributed by atoms with Crippen LogP contribution in [0.25, 0.3) is 0 Å². The zero-order valence-corrected chi connectivity index (χ0v) is 17.5. The fourth-order valence-corrected chi connectivity index (χ4v) is 4.26. The molecule has 1 saturated heterocycles. The highest BCUT2D eigenvalue weighted by Gasteiger charge is 2.45. The van der Waals surface area contributed by atoms with Crippen LogP contribution in [0.2, 0.25) is 0 Å². The van der Waals surface area contributed by atoms with Gasteiger partial charge in [-0.15, -0.1) is 0 Å². The summed E-state index contributed by atoms with van der Waals surface area (Å²) in [4.78, 5) is 53.8. The maximum atomic E-state index is 12.9. The molecule has 31 heavy (non-hydrogen) atoms. The number of amides is 3. The summed E-state index contributed by atoms with van der Waals surface area (Å²) in [5.41, 5.74) is 1.55. The Labute approximate surface area is 180 Å². The van der Waals surface area contributed by atoms with Gasteiger partial charge in [0.1, 0.15) is 12.4 Å². The van der Waals surface area contributed by atoms with E-state index in [1.54, 1.807) is 38.1 Å². The second kappa shape index (κ2) is 8.34. The summed E-state index contributed by atoms with van der Waals surface area (Å²) in [6.45, 7) is 3.83. The van der Waals surface area contributed by atoms with Crippen molar-refractivity contribution in [1.29, 1.82) is 0 Å². The number of Topliss-reactive ketones (excluding diaryl/α,β-unsaturated/α-hetero) is 1. The minimum atomic E-state index is -0.671. The molecule has 1 fully saturated rings. The minimum absolute atomic E-state index is 0.0564. The summed E-state index contributed by atoms with van der Waals surface area (Å²) >= 11 is 0. The van der Waals surface area contributed by atoms with Gasteiger partial charge in [-0.05, 0) is 24.6 Å². The number of ether oxygens (including phenoxy) is 1. The van der Waals surface area contributed by atoms with E-state index >= 15 is 0 Å². The summed E-state index contributed by atoms with van der Waals surface area (Å²) in [6.07, 6.45) is -0.511. The van der Waals surface area contributed by atoms with Gasteiger partial charge in [0.2, 0.25) is 0 Å². The molecule has 160 valence electrons. The third-order valence-electron chi connectivity index (χ3n) is 6.09. The number of likely N-dealkylation sites (tertiary alicyclic amines) is 1. The largest absolute Gasteiger partial charge is 0.445 e. The first-order chi connectivity index (χ1) is 14.9. The monoisotopic (exact) mass is 420 g/mol. The fraction of sp³-hybridized carbons (Fsp3) is 0.333. The molecule has 3 amide bonds. The smallest absolute Gasteiger partial charge is 0.410 e. The Hall–Kier alpha value is -3.48. The van der Waals surface area contributed by atoms with Gasteiger partial charge < -0.3 is 9.64 Å². The predicted molar refractivity (Wildman–Crippen MR) is 112 cm³/mol. The quantitative estimate of drug-likeness (QED) is 0.710. The molecule has 4 rings (SSSR count). The molecule has 0 N–H and O–H groups in total. The summed E-state index contributed by atoms with van der Waals surface area (Å²) in [5, 5.41) is 0. The molecule has 3 atom stereocenters. The van der Waals surface area contributed by atoms with Crippen LogP contribution in [0, 0.1) is 11.8 Å². The molecular weight excluding hydrogens is 396 g/mol. The maximum Gasteiger partial charge on any atom is 0.410 e. The molecule has 0 aromatic heterocycles. The van der Waals surface area contributed by atoms with E-state index in [0.29, 0.717) is 11.1 Å². The number of nitrogens with zero attached hydrogens (tertiary/aromatic N) is 2. The highest BCUT2D eigenvalue weighted by Crippen LogP contribution is 2.30.